The van der Waals surface area contributed by atoms with E-state index in [1.54, 1.807) is 0 Å². The average molecular weight is 311 g/mol. The van der Waals surface area contributed by atoms with Gasteiger partial charge in [-0.25, -0.2) is 8.78 Å². The van der Waals surface area contributed by atoms with Crippen molar-refractivity contribution in [3.63, 3.8) is 0 Å². The van der Waals surface area contributed by atoms with Crippen molar-refractivity contribution in [3.05, 3.63) is 29.8 Å². The number of nitrogens with zero attached hydrogens (tertiary/aromatic N) is 3. The predicted molar refractivity (Wildman–Crippen MR) is 77.3 cm³/mol. The van der Waals surface area contributed by atoms with Crippen LogP contribution in [0.4, 0.5) is 13.9 Å². The molecule has 1 unspecified atom stereocenters. The second-order valence-electron chi connectivity index (χ2n) is 5.31. The third-order valence-electron chi connectivity index (χ3n) is 3.80. The summed E-state index contributed by atoms with van der Waals surface area (Å²) in [5.41, 5.74) is -0.364. The first-order valence-corrected chi connectivity index (χ1v) is 7.54. The molecule has 1 saturated heterocycles. The Bertz CT molecular complexity index is 643. The van der Waals surface area contributed by atoms with Crippen LogP contribution in [0.5, 0.6) is 0 Å². The fraction of sp³-hybridized carbons (Fsp3) is 0.429. The van der Waals surface area contributed by atoms with E-state index in [-0.39, 0.29) is 0 Å². The molecule has 1 aliphatic heterocycles. The van der Waals surface area contributed by atoms with Gasteiger partial charge < -0.3 is 10.0 Å². The highest BCUT2D eigenvalue weighted by atomic mass is 32.1. The number of anilines is 1. The maximum absolute atomic E-state index is 13.2. The van der Waals surface area contributed by atoms with Crippen LogP contribution >= 0.6 is 11.5 Å². The third-order valence-corrected chi connectivity index (χ3v) is 4.57. The van der Waals surface area contributed by atoms with Gasteiger partial charge in [-0.3, -0.25) is 0 Å². The Morgan fingerprint density at radius 2 is 2.05 bits per heavy atom. The number of halogens is 2. The first-order chi connectivity index (χ1) is 9.99. The number of rotatable bonds is 3. The lowest BCUT2D eigenvalue weighted by Crippen LogP contribution is -2.32. The van der Waals surface area contributed by atoms with Crippen LogP contribution in [0.25, 0.3) is 11.4 Å². The van der Waals surface area contributed by atoms with Gasteiger partial charge in [-0.1, -0.05) is 6.92 Å². The molecule has 0 saturated carbocycles. The number of β-amino-alcohol motifs (C(OH)–C–C–N with tert-alkyl or cyclic N) is 1. The monoisotopic (exact) mass is 311 g/mol. The van der Waals surface area contributed by atoms with Crippen LogP contribution in [-0.2, 0) is 0 Å². The number of hydrogen-bond donors (Lipinski definition) is 1. The number of aliphatic hydroxyl groups is 1. The largest absolute Gasteiger partial charge is 0.388 e. The van der Waals surface area contributed by atoms with Crippen molar-refractivity contribution in [1.82, 2.24) is 9.36 Å². The van der Waals surface area contributed by atoms with Gasteiger partial charge in [0, 0.05) is 36.3 Å². The number of aromatic nitrogens is 2. The Kier molecular flexibility index (Phi) is 3.62. The van der Waals surface area contributed by atoms with E-state index in [4.69, 9.17) is 0 Å². The molecular weight excluding hydrogens is 296 g/mol. The number of hydrogen-bond acceptors (Lipinski definition) is 5. The molecule has 112 valence electrons. The summed E-state index contributed by atoms with van der Waals surface area (Å²) in [6, 6.07) is 3.24. The Hall–Kier alpha value is -1.60. The van der Waals surface area contributed by atoms with Gasteiger partial charge in [0.2, 0.25) is 5.13 Å². The van der Waals surface area contributed by atoms with Crippen LogP contribution in [0.3, 0.4) is 0 Å². The average Bonchev–Trinajstić information content (AvgIpc) is 3.05. The van der Waals surface area contributed by atoms with Crippen molar-refractivity contribution in [1.29, 1.82) is 0 Å². The molecule has 1 atom stereocenters. The van der Waals surface area contributed by atoms with Crippen LogP contribution in [0.15, 0.2) is 18.2 Å². The van der Waals surface area contributed by atoms with Gasteiger partial charge in [-0.15, -0.1) is 0 Å². The van der Waals surface area contributed by atoms with Crippen molar-refractivity contribution >= 4 is 16.7 Å². The summed E-state index contributed by atoms with van der Waals surface area (Å²) >= 11 is 1.17. The van der Waals surface area contributed by atoms with Gasteiger partial charge >= 0.3 is 0 Å². The Balaban J connectivity index is 1.84. The van der Waals surface area contributed by atoms with E-state index in [2.05, 4.69) is 9.36 Å². The molecule has 1 aliphatic rings. The molecule has 0 bridgehead atoms. The molecule has 1 aromatic carbocycles. The number of benzene rings is 1. The summed E-state index contributed by atoms with van der Waals surface area (Å²) in [5, 5.41) is 10.9. The van der Waals surface area contributed by atoms with E-state index in [0.29, 0.717) is 42.5 Å². The molecule has 1 N–H and O–H groups in total. The van der Waals surface area contributed by atoms with E-state index in [1.165, 1.54) is 23.7 Å². The van der Waals surface area contributed by atoms with Crippen LogP contribution in [-0.4, -0.2) is 33.2 Å². The summed E-state index contributed by atoms with van der Waals surface area (Å²) in [6.45, 7) is 3.16. The van der Waals surface area contributed by atoms with Gasteiger partial charge in [-0.05, 0) is 25.0 Å². The van der Waals surface area contributed by atoms with Gasteiger partial charge in [-0.2, -0.15) is 9.36 Å². The standard InChI is InChI=1S/C14H15F2N3OS/c1-2-14(20)3-4-19(8-14)13-17-12(18-21-13)9-5-10(15)7-11(16)6-9/h5-7,20H,2-4,8H2,1H3. The van der Waals surface area contributed by atoms with Gasteiger partial charge in [0.1, 0.15) is 11.6 Å². The van der Waals surface area contributed by atoms with Crippen LogP contribution in [0, 0.1) is 11.6 Å². The first kappa shape index (κ1) is 14.3. The minimum atomic E-state index is -0.684. The third kappa shape index (κ3) is 2.89. The fourth-order valence-corrected chi connectivity index (χ4v) is 3.17. The lowest BCUT2D eigenvalue weighted by molar-refractivity contribution is 0.0593. The molecule has 0 radical (unpaired) electrons. The SMILES string of the molecule is CCC1(O)CCN(c2nc(-c3cc(F)cc(F)c3)ns2)C1. The highest BCUT2D eigenvalue weighted by Gasteiger charge is 2.35. The Morgan fingerprint density at radius 3 is 2.67 bits per heavy atom. The maximum Gasteiger partial charge on any atom is 0.205 e. The summed E-state index contributed by atoms with van der Waals surface area (Å²) in [6.07, 6.45) is 1.37. The lowest BCUT2D eigenvalue weighted by atomic mass is 10.0. The Labute approximate surface area is 125 Å². The topological polar surface area (TPSA) is 49.2 Å². The molecule has 0 aliphatic carbocycles. The minimum absolute atomic E-state index is 0.306. The van der Waals surface area contributed by atoms with E-state index in [0.717, 1.165) is 6.07 Å². The molecule has 1 fully saturated rings. The highest BCUT2D eigenvalue weighted by Crippen LogP contribution is 2.31. The van der Waals surface area contributed by atoms with Crippen molar-refractivity contribution < 1.29 is 13.9 Å². The second kappa shape index (κ2) is 5.31. The van der Waals surface area contributed by atoms with Gasteiger partial charge in [0.05, 0.1) is 5.60 Å². The molecule has 1 aromatic heterocycles. The quantitative estimate of drug-likeness (QED) is 0.947. The highest BCUT2D eigenvalue weighted by molar-refractivity contribution is 7.09. The molecule has 4 nitrogen and oxygen atoms in total. The summed E-state index contributed by atoms with van der Waals surface area (Å²) in [4.78, 5) is 6.29. The van der Waals surface area contributed by atoms with E-state index >= 15 is 0 Å². The molecule has 3 rings (SSSR count). The van der Waals surface area contributed by atoms with Crippen molar-refractivity contribution in [2.45, 2.75) is 25.4 Å². The normalized spacial score (nSPS) is 22.0. The lowest BCUT2D eigenvalue weighted by Gasteiger charge is -2.20. The molecule has 21 heavy (non-hydrogen) atoms. The molecule has 0 spiro atoms. The summed E-state index contributed by atoms with van der Waals surface area (Å²) in [5.74, 6) is -0.994. The zero-order chi connectivity index (χ0) is 15.0. The molecular formula is C14H15F2N3OS. The zero-order valence-corrected chi connectivity index (χ0v) is 12.3. The maximum atomic E-state index is 13.2. The molecule has 0 amide bonds. The summed E-state index contributed by atoms with van der Waals surface area (Å²) in [7, 11) is 0. The van der Waals surface area contributed by atoms with Gasteiger partial charge in [0.15, 0.2) is 5.82 Å². The van der Waals surface area contributed by atoms with Crippen molar-refractivity contribution in [3.8, 4) is 11.4 Å². The van der Waals surface area contributed by atoms with Crippen molar-refractivity contribution in [2.24, 2.45) is 0 Å². The van der Waals surface area contributed by atoms with Crippen molar-refractivity contribution in [2.75, 3.05) is 18.0 Å². The predicted octanol–water partition coefficient (Wildman–Crippen LogP) is 2.83. The van der Waals surface area contributed by atoms with Crippen LogP contribution < -0.4 is 4.90 Å². The Morgan fingerprint density at radius 1 is 1.33 bits per heavy atom. The van der Waals surface area contributed by atoms with Crippen LogP contribution in [0.1, 0.15) is 19.8 Å². The first-order valence-electron chi connectivity index (χ1n) is 6.76. The molecule has 2 aromatic rings. The zero-order valence-electron chi connectivity index (χ0n) is 11.5. The van der Waals surface area contributed by atoms with Crippen LogP contribution in [0.2, 0.25) is 0 Å². The van der Waals surface area contributed by atoms with E-state index in [1.807, 2.05) is 11.8 Å². The smallest absolute Gasteiger partial charge is 0.205 e. The minimum Gasteiger partial charge on any atom is -0.388 e. The summed E-state index contributed by atoms with van der Waals surface area (Å²) < 4.78 is 30.6. The molecule has 2 heterocycles. The van der Waals surface area contributed by atoms with E-state index in [9.17, 15) is 13.9 Å². The van der Waals surface area contributed by atoms with Gasteiger partial charge in [0.25, 0.3) is 0 Å². The fourth-order valence-electron chi connectivity index (χ4n) is 2.45. The second-order valence-corrected chi connectivity index (χ2v) is 6.04. The van der Waals surface area contributed by atoms with E-state index < -0.39 is 17.2 Å². The molecule has 7 heteroatoms.